The van der Waals surface area contributed by atoms with Crippen molar-refractivity contribution in [3.63, 3.8) is 0 Å². The van der Waals surface area contributed by atoms with Gasteiger partial charge in [-0.2, -0.15) is 0 Å². The van der Waals surface area contributed by atoms with Gasteiger partial charge in [-0.25, -0.2) is 4.79 Å². The van der Waals surface area contributed by atoms with E-state index in [1.807, 2.05) is 0 Å². The van der Waals surface area contributed by atoms with Crippen LogP contribution >= 0.6 is 0 Å². The molecule has 0 heterocycles. The number of amides is 1. The molecule has 0 aliphatic heterocycles. The van der Waals surface area contributed by atoms with E-state index in [-0.39, 0.29) is 11.5 Å². The molecule has 0 unspecified atom stereocenters. The smallest absolute Gasteiger partial charge is 0.338 e. The molecule has 19 heavy (non-hydrogen) atoms. The molecule has 1 aromatic rings. The van der Waals surface area contributed by atoms with E-state index >= 15 is 0 Å². The quantitative estimate of drug-likeness (QED) is 0.824. The van der Waals surface area contributed by atoms with Gasteiger partial charge >= 0.3 is 5.97 Å². The number of rotatable bonds is 5. The van der Waals surface area contributed by atoms with E-state index in [1.54, 1.807) is 6.92 Å². The maximum atomic E-state index is 11.5. The van der Waals surface area contributed by atoms with Crippen molar-refractivity contribution in [3.05, 3.63) is 17.7 Å². The highest BCUT2D eigenvalue weighted by Gasteiger charge is 2.17. The molecule has 0 radical (unpaired) electrons. The maximum absolute atomic E-state index is 11.5. The summed E-state index contributed by atoms with van der Waals surface area (Å²) in [4.78, 5) is 23.0. The van der Waals surface area contributed by atoms with E-state index in [0.717, 1.165) is 0 Å². The van der Waals surface area contributed by atoms with Gasteiger partial charge < -0.3 is 19.5 Å². The highest BCUT2D eigenvalue weighted by molar-refractivity contribution is 5.97. The summed E-state index contributed by atoms with van der Waals surface area (Å²) in [6.07, 6.45) is 0.324. The van der Waals surface area contributed by atoms with Gasteiger partial charge in [-0.05, 0) is 12.1 Å². The van der Waals surface area contributed by atoms with Gasteiger partial charge in [-0.1, -0.05) is 6.92 Å². The van der Waals surface area contributed by atoms with Crippen molar-refractivity contribution in [2.45, 2.75) is 13.3 Å². The van der Waals surface area contributed by atoms with Crippen molar-refractivity contribution in [1.29, 1.82) is 0 Å². The molecule has 0 fully saturated rings. The first kappa shape index (κ1) is 14.8. The van der Waals surface area contributed by atoms with E-state index in [2.05, 4.69) is 10.1 Å². The normalized spacial score (nSPS) is 9.68. The lowest BCUT2D eigenvalue weighted by molar-refractivity contribution is -0.115. The lowest BCUT2D eigenvalue weighted by atomic mass is 10.1. The molecule has 1 aromatic carbocycles. The van der Waals surface area contributed by atoms with Gasteiger partial charge in [0.1, 0.15) is 17.2 Å². The average Bonchev–Trinajstić information content (AvgIpc) is 2.45. The van der Waals surface area contributed by atoms with Crippen LogP contribution in [0.2, 0.25) is 0 Å². The van der Waals surface area contributed by atoms with Crippen LogP contribution in [0.5, 0.6) is 11.5 Å². The summed E-state index contributed by atoms with van der Waals surface area (Å²) in [5.74, 6) is -0.0181. The summed E-state index contributed by atoms with van der Waals surface area (Å²) in [5.41, 5.74) is 0.676. The standard InChI is InChI=1S/C13H17NO5/c1-5-11(15)14-12-9(17-2)6-8(13(16)19-4)7-10(12)18-3/h6-7H,5H2,1-4H3,(H,14,15). The Balaban J connectivity index is 3.29. The van der Waals surface area contributed by atoms with Crippen LogP contribution in [0, 0.1) is 0 Å². The minimum Gasteiger partial charge on any atom is -0.494 e. The van der Waals surface area contributed by atoms with Gasteiger partial charge in [0, 0.05) is 6.42 Å². The van der Waals surface area contributed by atoms with Crippen LogP contribution in [0.3, 0.4) is 0 Å². The first-order valence-corrected chi connectivity index (χ1v) is 5.71. The summed E-state index contributed by atoms with van der Waals surface area (Å²) >= 11 is 0. The van der Waals surface area contributed by atoms with Gasteiger partial charge in [-0.3, -0.25) is 4.79 Å². The lowest BCUT2D eigenvalue weighted by Gasteiger charge is -2.15. The van der Waals surface area contributed by atoms with Crippen LogP contribution in [0.1, 0.15) is 23.7 Å². The largest absolute Gasteiger partial charge is 0.494 e. The van der Waals surface area contributed by atoms with Crippen molar-refractivity contribution in [2.24, 2.45) is 0 Å². The second-order valence-corrected chi connectivity index (χ2v) is 3.65. The van der Waals surface area contributed by atoms with Gasteiger partial charge in [-0.15, -0.1) is 0 Å². The van der Waals surface area contributed by atoms with Crippen molar-refractivity contribution < 1.29 is 23.8 Å². The minimum absolute atomic E-state index is 0.178. The molecule has 1 amide bonds. The van der Waals surface area contributed by atoms with E-state index in [0.29, 0.717) is 23.6 Å². The van der Waals surface area contributed by atoms with Crippen LogP contribution < -0.4 is 14.8 Å². The molecule has 0 spiro atoms. The predicted molar refractivity (Wildman–Crippen MR) is 69.8 cm³/mol. The van der Waals surface area contributed by atoms with E-state index in [4.69, 9.17) is 9.47 Å². The molecular formula is C13H17NO5. The summed E-state index contributed by atoms with van der Waals surface area (Å²) in [7, 11) is 4.17. The lowest BCUT2D eigenvalue weighted by Crippen LogP contribution is -2.12. The van der Waals surface area contributed by atoms with Crippen molar-refractivity contribution in [2.75, 3.05) is 26.6 Å². The monoisotopic (exact) mass is 267 g/mol. The fourth-order valence-corrected chi connectivity index (χ4v) is 1.50. The first-order valence-electron chi connectivity index (χ1n) is 5.71. The Morgan fingerprint density at radius 2 is 1.63 bits per heavy atom. The minimum atomic E-state index is -0.509. The Morgan fingerprint density at radius 3 is 2.00 bits per heavy atom. The maximum Gasteiger partial charge on any atom is 0.338 e. The number of methoxy groups -OCH3 is 3. The molecule has 0 saturated carbocycles. The number of benzene rings is 1. The molecule has 0 aliphatic rings. The van der Waals surface area contributed by atoms with E-state index < -0.39 is 5.97 Å². The molecule has 1 N–H and O–H groups in total. The number of carbonyl (C=O) groups excluding carboxylic acids is 2. The fraction of sp³-hybridized carbons (Fsp3) is 0.385. The molecule has 6 nitrogen and oxygen atoms in total. The van der Waals surface area contributed by atoms with Gasteiger partial charge in [0.15, 0.2) is 0 Å². The Labute approximate surface area is 111 Å². The zero-order valence-electron chi connectivity index (χ0n) is 11.4. The molecule has 0 bridgehead atoms. The predicted octanol–water partition coefficient (Wildman–Crippen LogP) is 1.84. The first-order chi connectivity index (χ1) is 9.07. The second-order valence-electron chi connectivity index (χ2n) is 3.65. The Bertz CT molecular complexity index is 459. The second kappa shape index (κ2) is 6.63. The van der Waals surface area contributed by atoms with Gasteiger partial charge in [0.25, 0.3) is 0 Å². The molecule has 104 valence electrons. The molecule has 0 aliphatic carbocycles. The molecule has 0 aromatic heterocycles. The fourth-order valence-electron chi connectivity index (χ4n) is 1.50. The highest BCUT2D eigenvalue weighted by atomic mass is 16.5. The van der Waals surface area contributed by atoms with Crippen LogP contribution in [-0.4, -0.2) is 33.2 Å². The Kier molecular flexibility index (Phi) is 5.17. The summed E-state index contributed by atoms with van der Waals surface area (Å²) in [5, 5.41) is 2.67. The van der Waals surface area contributed by atoms with Gasteiger partial charge in [0.05, 0.1) is 26.9 Å². The van der Waals surface area contributed by atoms with E-state index in [9.17, 15) is 9.59 Å². The SMILES string of the molecule is CCC(=O)Nc1c(OC)cc(C(=O)OC)cc1OC. The van der Waals surface area contributed by atoms with Crippen LogP contribution in [0.25, 0.3) is 0 Å². The van der Waals surface area contributed by atoms with Crippen LogP contribution in [0.4, 0.5) is 5.69 Å². The number of ether oxygens (including phenoxy) is 3. The third-order valence-corrected chi connectivity index (χ3v) is 2.51. The molecule has 1 rings (SSSR count). The number of carbonyl (C=O) groups is 2. The summed E-state index contributed by atoms with van der Waals surface area (Å²) in [6, 6.07) is 2.97. The van der Waals surface area contributed by atoms with E-state index in [1.165, 1.54) is 33.5 Å². The Hall–Kier alpha value is -2.24. The summed E-state index contributed by atoms with van der Waals surface area (Å²) in [6.45, 7) is 1.73. The van der Waals surface area contributed by atoms with Crippen LogP contribution in [0.15, 0.2) is 12.1 Å². The number of nitrogens with one attached hydrogen (secondary N) is 1. The zero-order valence-corrected chi connectivity index (χ0v) is 11.4. The average molecular weight is 267 g/mol. The van der Waals surface area contributed by atoms with Crippen LogP contribution in [-0.2, 0) is 9.53 Å². The molecule has 6 heteroatoms. The topological polar surface area (TPSA) is 73.9 Å². The molecule has 0 atom stereocenters. The van der Waals surface area contributed by atoms with Gasteiger partial charge in [0.2, 0.25) is 5.91 Å². The third kappa shape index (κ3) is 3.37. The number of hydrogen-bond acceptors (Lipinski definition) is 5. The molecular weight excluding hydrogens is 250 g/mol. The van der Waals surface area contributed by atoms with Crippen molar-refractivity contribution in [3.8, 4) is 11.5 Å². The number of anilines is 1. The highest BCUT2D eigenvalue weighted by Crippen LogP contribution is 2.36. The zero-order chi connectivity index (χ0) is 14.4. The Morgan fingerprint density at radius 1 is 1.11 bits per heavy atom. The van der Waals surface area contributed by atoms with Crippen molar-refractivity contribution in [1.82, 2.24) is 0 Å². The third-order valence-electron chi connectivity index (χ3n) is 2.51. The molecule has 0 saturated heterocycles. The number of esters is 1. The van der Waals surface area contributed by atoms with Crippen molar-refractivity contribution >= 4 is 17.6 Å². The summed E-state index contributed by atoms with van der Waals surface area (Å²) < 4.78 is 15.0. The number of hydrogen-bond donors (Lipinski definition) is 1.